The first-order valence-electron chi connectivity index (χ1n) is 8.76. The van der Waals surface area contributed by atoms with Crippen LogP contribution in [0.1, 0.15) is 24.8 Å². The molecule has 2 saturated heterocycles. The summed E-state index contributed by atoms with van der Waals surface area (Å²) >= 11 is 0. The summed E-state index contributed by atoms with van der Waals surface area (Å²) in [6.07, 6.45) is 5.02. The number of carbonyl (C=O) groups excluding carboxylic acids is 1. The van der Waals surface area contributed by atoms with E-state index in [-0.39, 0.29) is 6.61 Å². The van der Waals surface area contributed by atoms with Gasteiger partial charge in [0, 0.05) is 13.6 Å². The Hall–Kier alpha value is -2.28. The Kier molecular flexibility index (Phi) is 5.75. The standard InChI is InChI=1S/C18H26N4O3/c1-20-18(22-15-10-14-6-7-16(15)25-14)21-9-8-12-2-4-13(5-3-12)24-11-17(19)23/h2-5,14-16H,6-11H2,1H3,(H2,19,23)(H2,20,21,22). The van der Waals surface area contributed by atoms with E-state index in [9.17, 15) is 4.79 Å². The zero-order chi connectivity index (χ0) is 17.6. The Morgan fingerprint density at radius 1 is 1.36 bits per heavy atom. The summed E-state index contributed by atoms with van der Waals surface area (Å²) in [5.74, 6) is 0.986. The van der Waals surface area contributed by atoms with Gasteiger partial charge in [0.2, 0.25) is 0 Å². The average molecular weight is 346 g/mol. The smallest absolute Gasteiger partial charge is 0.255 e. The lowest BCUT2D eigenvalue weighted by Crippen LogP contribution is -2.47. The maximum Gasteiger partial charge on any atom is 0.255 e. The molecule has 3 atom stereocenters. The number of guanidine groups is 1. The molecule has 2 aliphatic rings. The fraction of sp³-hybridized carbons (Fsp3) is 0.556. The Morgan fingerprint density at radius 2 is 2.16 bits per heavy atom. The van der Waals surface area contributed by atoms with Crippen LogP contribution >= 0.6 is 0 Å². The number of carbonyl (C=O) groups is 1. The van der Waals surface area contributed by atoms with Gasteiger partial charge in [0.15, 0.2) is 12.6 Å². The lowest BCUT2D eigenvalue weighted by atomic mass is 9.96. The van der Waals surface area contributed by atoms with Gasteiger partial charge in [0.05, 0.1) is 18.2 Å². The van der Waals surface area contributed by atoms with Gasteiger partial charge in [-0.1, -0.05) is 12.1 Å². The number of primary amides is 1. The number of ether oxygens (including phenoxy) is 2. The predicted octanol–water partition coefficient (Wildman–Crippen LogP) is 0.578. The van der Waals surface area contributed by atoms with Gasteiger partial charge >= 0.3 is 0 Å². The molecule has 7 nitrogen and oxygen atoms in total. The second-order valence-corrected chi connectivity index (χ2v) is 6.51. The van der Waals surface area contributed by atoms with Gasteiger partial charge in [0.25, 0.3) is 5.91 Å². The molecule has 3 rings (SSSR count). The number of nitrogens with two attached hydrogens (primary N) is 1. The van der Waals surface area contributed by atoms with Crippen LogP contribution < -0.4 is 21.1 Å². The average Bonchev–Trinajstić information content (AvgIpc) is 3.23. The van der Waals surface area contributed by atoms with Crippen LogP contribution in [0.3, 0.4) is 0 Å². The van der Waals surface area contributed by atoms with Gasteiger partial charge in [-0.15, -0.1) is 0 Å². The van der Waals surface area contributed by atoms with E-state index in [1.165, 1.54) is 12.0 Å². The summed E-state index contributed by atoms with van der Waals surface area (Å²) in [6, 6.07) is 8.03. The topological polar surface area (TPSA) is 98.0 Å². The Labute approximate surface area is 148 Å². The first kappa shape index (κ1) is 17.5. The van der Waals surface area contributed by atoms with Crippen LogP contribution in [0.4, 0.5) is 0 Å². The first-order chi connectivity index (χ1) is 12.1. The minimum absolute atomic E-state index is 0.102. The van der Waals surface area contributed by atoms with Gasteiger partial charge in [0.1, 0.15) is 5.75 Å². The molecule has 2 heterocycles. The highest BCUT2D eigenvalue weighted by atomic mass is 16.5. The van der Waals surface area contributed by atoms with E-state index < -0.39 is 5.91 Å². The van der Waals surface area contributed by atoms with Crippen molar-refractivity contribution in [3.05, 3.63) is 29.8 Å². The van der Waals surface area contributed by atoms with Crippen molar-refractivity contribution in [3.63, 3.8) is 0 Å². The molecular formula is C18H26N4O3. The molecule has 136 valence electrons. The molecule has 0 aromatic heterocycles. The Morgan fingerprint density at radius 3 is 2.76 bits per heavy atom. The number of benzene rings is 1. The minimum Gasteiger partial charge on any atom is -0.484 e. The molecule has 2 bridgehead atoms. The number of fused-ring (bicyclic) bond motifs is 2. The van der Waals surface area contributed by atoms with Gasteiger partial charge in [-0.3, -0.25) is 9.79 Å². The molecule has 0 spiro atoms. The summed E-state index contributed by atoms with van der Waals surface area (Å²) in [6.45, 7) is 0.679. The molecule has 2 aliphatic heterocycles. The zero-order valence-corrected chi connectivity index (χ0v) is 14.5. The summed E-state index contributed by atoms with van der Waals surface area (Å²) in [7, 11) is 1.79. The molecule has 1 aromatic carbocycles. The molecule has 0 radical (unpaired) electrons. The van der Waals surface area contributed by atoms with Crippen LogP contribution in [0.25, 0.3) is 0 Å². The van der Waals surface area contributed by atoms with E-state index in [4.69, 9.17) is 15.2 Å². The highest BCUT2D eigenvalue weighted by Crippen LogP contribution is 2.34. The summed E-state index contributed by atoms with van der Waals surface area (Å²) in [4.78, 5) is 15.0. The van der Waals surface area contributed by atoms with E-state index in [0.29, 0.717) is 24.0 Å². The van der Waals surface area contributed by atoms with E-state index in [2.05, 4.69) is 15.6 Å². The SMILES string of the molecule is CN=C(NCCc1ccc(OCC(N)=O)cc1)NC1CC2CCC1O2. The second-order valence-electron chi connectivity index (χ2n) is 6.51. The highest BCUT2D eigenvalue weighted by molar-refractivity contribution is 5.80. The third-order valence-corrected chi connectivity index (χ3v) is 4.66. The lowest BCUT2D eigenvalue weighted by molar-refractivity contribution is -0.119. The van der Waals surface area contributed by atoms with Gasteiger partial charge in [-0.2, -0.15) is 0 Å². The number of aliphatic imine (C=N–C) groups is 1. The highest BCUT2D eigenvalue weighted by Gasteiger charge is 2.41. The van der Waals surface area contributed by atoms with Crippen molar-refractivity contribution in [3.8, 4) is 5.75 Å². The van der Waals surface area contributed by atoms with Crippen molar-refractivity contribution in [1.82, 2.24) is 10.6 Å². The van der Waals surface area contributed by atoms with Crippen molar-refractivity contribution >= 4 is 11.9 Å². The molecular weight excluding hydrogens is 320 g/mol. The molecule has 1 amide bonds. The predicted molar refractivity (Wildman–Crippen MR) is 95.6 cm³/mol. The largest absolute Gasteiger partial charge is 0.484 e. The summed E-state index contributed by atoms with van der Waals surface area (Å²) in [5.41, 5.74) is 6.24. The van der Waals surface area contributed by atoms with E-state index in [1.54, 1.807) is 7.05 Å². The van der Waals surface area contributed by atoms with Gasteiger partial charge in [-0.25, -0.2) is 0 Å². The van der Waals surface area contributed by atoms with Crippen LogP contribution in [0.15, 0.2) is 29.3 Å². The summed E-state index contributed by atoms with van der Waals surface area (Å²) < 4.78 is 11.1. The quantitative estimate of drug-likeness (QED) is 0.495. The molecule has 4 N–H and O–H groups in total. The molecule has 1 aromatic rings. The van der Waals surface area contributed by atoms with Gasteiger partial charge < -0.3 is 25.8 Å². The zero-order valence-electron chi connectivity index (χ0n) is 14.5. The molecule has 25 heavy (non-hydrogen) atoms. The normalized spacial score (nSPS) is 25.0. The number of amides is 1. The fourth-order valence-electron chi connectivity index (χ4n) is 3.39. The van der Waals surface area contributed by atoms with Crippen molar-refractivity contribution < 1.29 is 14.3 Å². The monoisotopic (exact) mass is 346 g/mol. The molecule has 0 saturated carbocycles. The molecule has 2 fully saturated rings. The fourth-order valence-corrected chi connectivity index (χ4v) is 3.39. The number of hydrogen-bond acceptors (Lipinski definition) is 4. The Bertz CT molecular complexity index is 617. The van der Waals surface area contributed by atoms with Crippen molar-refractivity contribution in [2.75, 3.05) is 20.2 Å². The van der Waals surface area contributed by atoms with Crippen LogP contribution in [0, 0.1) is 0 Å². The second kappa shape index (κ2) is 8.20. The molecule has 3 unspecified atom stereocenters. The number of nitrogens with one attached hydrogen (secondary N) is 2. The molecule has 0 aliphatic carbocycles. The van der Waals surface area contributed by atoms with E-state index >= 15 is 0 Å². The van der Waals surface area contributed by atoms with Crippen molar-refractivity contribution in [2.45, 2.75) is 43.9 Å². The van der Waals surface area contributed by atoms with E-state index in [1.807, 2.05) is 24.3 Å². The number of nitrogens with zero attached hydrogens (tertiary/aromatic N) is 1. The van der Waals surface area contributed by atoms with Crippen molar-refractivity contribution in [2.24, 2.45) is 10.7 Å². The molecule has 7 heteroatoms. The lowest BCUT2D eigenvalue weighted by Gasteiger charge is -2.22. The maximum absolute atomic E-state index is 10.7. The number of hydrogen-bond donors (Lipinski definition) is 3. The first-order valence-corrected chi connectivity index (χ1v) is 8.76. The third-order valence-electron chi connectivity index (χ3n) is 4.66. The Balaban J connectivity index is 1.40. The van der Waals surface area contributed by atoms with Crippen molar-refractivity contribution in [1.29, 1.82) is 0 Å². The van der Waals surface area contributed by atoms with Crippen LogP contribution in [0.5, 0.6) is 5.75 Å². The summed E-state index contributed by atoms with van der Waals surface area (Å²) in [5, 5.41) is 6.82. The maximum atomic E-state index is 10.7. The minimum atomic E-state index is -0.479. The van der Waals surface area contributed by atoms with E-state index in [0.717, 1.165) is 31.8 Å². The van der Waals surface area contributed by atoms with Crippen LogP contribution in [-0.2, 0) is 16.0 Å². The van der Waals surface area contributed by atoms with Gasteiger partial charge in [-0.05, 0) is 43.4 Å². The number of rotatable bonds is 7. The third kappa shape index (κ3) is 4.85. The van der Waals surface area contributed by atoms with Crippen LogP contribution in [0.2, 0.25) is 0 Å². The van der Waals surface area contributed by atoms with Crippen LogP contribution in [-0.4, -0.2) is 50.3 Å².